The fourth-order valence-corrected chi connectivity index (χ4v) is 1.59. The molecule has 1 unspecified atom stereocenters. The first-order valence-electron chi connectivity index (χ1n) is 5.67. The third-order valence-electron chi connectivity index (χ3n) is 2.41. The number of hydrogen-bond donors (Lipinski definition) is 0. The second-order valence-electron chi connectivity index (χ2n) is 4.38. The van der Waals surface area contributed by atoms with Crippen molar-refractivity contribution in [2.45, 2.75) is 32.3 Å². The van der Waals surface area contributed by atoms with Gasteiger partial charge >= 0.3 is 0 Å². The summed E-state index contributed by atoms with van der Waals surface area (Å²) in [6, 6.07) is 9.90. The van der Waals surface area contributed by atoms with Crippen LogP contribution in [0.4, 0.5) is 0 Å². The van der Waals surface area contributed by atoms with Gasteiger partial charge < -0.3 is 14.3 Å². The van der Waals surface area contributed by atoms with Crippen molar-refractivity contribution in [3.8, 4) is 0 Å². The molecule has 2 rings (SSSR count). The van der Waals surface area contributed by atoms with E-state index in [1.807, 2.05) is 44.2 Å². The Bertz CT molecular complexity index is 376. The quantitative estimate of drug-likeness (QED) is 0.594. The Morgan fingerprint density at radius 1 is 1.41 bits per heavy atom. The highest BCUT2D eigenvalue weighted by molar-refractivity contribution is 5.62. The number of benzene rings is 1. The second-order valence-corrected chi connectivity index (χ2v) is 4.38. The predicted molar refractivity (Wildman–Crippen MR) is 64.6 cm³/mol. The Labute approximate surface area is 101 Å². The van der Waals surface area contributed by atoms with Crippen LogP contribution in [0.1, 0.15) is 19.4 Å². The van der Waals surface area contributed by atoms with Gasteiger partial charge in [0.05, 0.1) is 12.8 Å². The molecule has 0 amide bonds. The van der Waals surface area contributed by atoms with Gasteiger partial charge in [0.1, 0.15) is 12.7 Å². The Morgan fingerprint density at radius 2 is 2.18 bits per heavy atom. The molecule has 1 aromatic rings. The zero-order valence-electron chi connectivity index (χ0n) is 10.1. The normalized spacial score (nSPS) is 23.1. The molecule has 1 saturated heterocycles. The summed E-state index contributed by atoms with van der Waals surface area (Å²) in [5.41, 5.74) is 1.09. The van der Waals surface area contributed by atoms with Gasteiger partial charge in [-0.15, -0.1) is 0 Å². The molecule has 1 heterocycles. The van der Waals surface area contributed by atoms with Crippen molar-refractivity contribution in [3.05, 3.63) is 35.9 Å². The van der Waals surface area contributed by atoms with Gasteiger partial charge in [-0.1, -0.05) is 35.5 Å². The van der Waals surface area contributed by atoms with Crippen molar-refractivity contribution in [3.63, 3.8) is 0 Å². The number of hydrogen-bond acceptors (Lipinski definition) is 4. The lowest BCUT2D eigenvalue weighted by atomic mass is 10.2. The van der Waals surface area contributed by atoms with Gasteiger partial charge in [-0.3, -0.25) is 0 Å². The zero-order chi connectivity index (χ0) is 12.1. The molecule has 4 heteroatoms. The molecular weight excluding hydrogens is 218 g/mol. The molecule has 0 aromatic heterocycles. The van der Waals surface area contributed by atoms with Crippen molar-refractivity contribution in [1.82, 2.24) is 0 Å². The molecule has 1 fully saturated rings. The van der Waals surface area contributed by atoms with Crippen molar-refractivity contribution < 1.29 is 14.3 Å². The fourth-order valence-electron chi connectivity index (χ4n) is 1.59. The van der Waals surface area contributed by atoms with Crippen LogP contribution < -0.4 is 0 Å². The van der Waals surface area contributed by atoms with E-state index in [1.54, 1.807) is 6.21 Å². The summed E-state index contributed by atoms with van der Waals surface area (Å²) in [5.74, 6) is -0.518. The van der Waals surface area contributed by atoms with Crippen LogP contribution in [0.15, 0.2) is 35.5 Å². The van der Waals surface area contributed by atoms with E-state index in [0.717, 1.165) is 5.56 Å². The first kappa shape index (κ1) is 12.1. The minimum Gasteiger partial charge on any atom is -0.391 e. The molecule has 92 valence electrons. The van der Waals surface area contributed by atoms with E-state index < -0.39 is 5.79 Å². The molecule has 0 spiro atoms. The maximum Gasteiger partial charge on any atom is 0.163 e. The molecule has 0 aliphatic carbocycles. The monoisotopic (exact) mass is 235 g/mol. The molecule has 1 aliphatic rings. The Morgan fingerprint density at radius 3 is 2.82 bits per heavy atom. The van der Waals surface area contributed by atoms with E-state index in [4.69, 9.17) is 14.3 Å². The minimum atomic E-state index is -0.518. The van der Waals surface area contributed by atoms with Crippen LogP contribution in [0.5, 0.6) is 0 Å². The molecule has 0 radical (unpaired) electrons. The van der Waals surface area contributed by atoms with E-state index in [0.29, 0.717) is 13.2 Å². The van der Waals surface area contributed by atoms with Crippen molar-refractivity contribution in [2.24, 2.45) is 5.16 Å². The molecule has 1 aliphatic heterocycles. The first-order valence-corrected chi connectivity index (χ1v) is 5.67. The average Bonchev–Trinajstić information content (AvgIpc) is 2.66. The van der Waals surface area contributed by atoms with Crippen molar-refractivity contribution in [2.75, 3.05) is 6.61 Å². The number of ether oxygens (including phenoxy) is 2. The molecule has 0 saturated carbocycles. The predicted octanol–water partition coefficient (Wildman–Crippen LogP) is 2.34. The van der Waals surface area contributed by atoms with E-state index in [1.165, 1.54) is 0 Å². The topological polar surface area (TPSA) is 40.0 Å². The second kappa shape index (κ2) is 5.29. The van der Waals surface area contributed by atoms with E-state index in [9.17, 15) is 0 Å². The van der Waals surface area contributed by atoms with E-state index in [2.05, 4.69) is 5.16 Å². The lowest BCUT2D eigenvalue weighted by molar-refractivity contribution is -0.131. The van der Waals surface area contributed by atoms with Gasteiger partial charge in [-0.2, -0.15) is 0 Å². The van der Waals surface area contributed by atoms with E-state index in [-0.39, 0.29) is 6.10 Å². The first-order chi connectivity index (χ1) is 8.16. The lowest BCUT2D eigenvalue weighted by Crippen LogP contribution is -2.21. The molecular formula is C13H17NO3. The summed E-state index contributed by atoms with van der Waals surface area (Å²) < 4.78 is 10.9. The Balaban J connectivity index is 1.72. The van der Waals surface area contributed by atoms with Gasteiger partial charge in [-0.25, -0.2) is 0 Å². The van der Waals surface area contributed by atoms with Gasteiger partial charge in [0.25, 0.3) is 0 Å². The van der Waals surface area contributed by atoms with Gasteiger partial charge in [0.2, 0.25) is 0 Å². The van der Waals surface area contributed by atoms with E-state index >= 15 is 0 Å². The molecule has 4 nitrogen and oxygen atoms in total. The highest BCUT2D eigenvalue weighted by atomic mass is 16.7. The van der Waals surface area contributed by atoms with Gasteiger partial charge in [0, 0.05) is 0 Å². The third kappa shape index (κ3) is 3.84. The standard InChI is InChI=1S/C13H17NO3/c1-13(2)15-10-12(17-13)8-14-16-9-11-6-4-3-5-7-11/h3-8,12H,9-10H2,1-2H3/b14-8+. The molecule has 1 aromatic carbocycles. The summed E-state index contributed by atoms with van der Waals surface area (Å²) in [7, 11) is 0. The van der Waals surface area contributed by atoms with Crippen molar-refractivity contribution >= 4 is 6.21 Å². The van der Waals surface area contributed by atoms with Crippen molar-refractivity contribution in [1.29, 1.82) is 0 Å². The van der Waals surface area contributed by atoms with Crippen LogP contribution in [-0.2, 0) is 20.9 Å². The minimum absolute atomic E-state index is 0.124. The fraction of sp³-hybridized carbons (Fsp3) is 0.462. The Kier molecular flexibility index (Phi) is 3.76. The highest BCUT2D eigenvalue weighted by Gasteiger charge is 2.31. The lowest BCUT2D eigenvalue weighted by Gasteiger charge is -2.15. The van der Waals surface area contributed by atoms with Crippen LogP contribution in [-0.4, -0.2) is 24.7 Å². The largest absolute Gasteiger partial charge is 0.391 e. The smallest absolute Gasteiger partial charge is 0.163 e. The molecule has 1 atom stereocenters. The summed E-state index contributed by atoms with van der Waals surface area (Å²) in [5, 5.41) is 3.88. The molecule has 17 heavy (non-hydrogen) atoms. The van der Waals surface area contributed by atoms with Gasteiger partial charge in [0.15, 0.2) is 5.79 Å². The maximum atomic E-state index is 5.55. The number of rotatable bonds is 4. The Hall–Kier alpha value is -1.39. The third-order valence-corrected chi connectivity index (χ3v) is 2.41. The van der Waals surface area contributed by atoms with Crippen LogP contribution in [0.25, 0.3) is 0 Å². The molecule has 0 bridgehead atoms. The number of nitrogens with zero attached hydrogens (tertiary/aromatic N) is 1. The summed E-state index contributed by atoms with van der Waals surface area (Å²) in [4.78, 5) is 5.18. The summed E-state index contributed by atoms with van der Waals surface area (Å²) in [6.07, 6.45) is 1.51. The highest BCUT2D eigenvalue weighted by Crippen LogP contribution is 2.21. The SMILES string of the molecule is CC1(C)OCC(/C=N/OCc2ccccc2)O1. The number of oxime groups is 1. The van der Waals surface area contributed by atoms with Crippen LogP contribution in [0, 0.1) is 0 Å². The summed E-state index contributed by atoms with van der Waals surface area (Å²) >= 11 is 0. The molecule has 0 N–H and O–H groups in total. The van der Waals surface area contributed by atoms with Crippen LogP contribution >= 0.6 is 0 Å². The maximum absolute atomic E-state index is 5.55. The summed E-state index contributed by atoms with van der Waals surface area (Å²) in [6.45, 7) is 4.75. The average molecular weight is 235 g/mol. The van der Waals surface area contributed by atoms with Crippen LogP contribution in [0.3, 0.4) is 0 Å². The van der Waals surface area contributed by atoms with Crippen LogP contribution in [0.2, 0.25) is 0 Å². The van der Waals surface area contributed by atoms with Gasteiger partial charge in [-0.05, 0) is 19.4 Å². The zero-order valence-corrected chi connectivity index (χ0v) is 10.1.